The summed E-state index contributed by atoms with van der Waals surface area (Å²) in [6.45, 7) is 2.96. The van der Waals surface area contributed by atoms with E-state index >= 15 is 0 Å². The van der Waals surface area contributed by atoms with Gasteiger partial charge in [0.05, 0.1) is 0 Å². The van der Waals surface area contributed by atoms with Gasteiger partial charge in [0.2, 0.25) is 5.91 Å². The zero-order valence-corrected chi connectivity index (χ0v) is 14.9. The third kappa shape index (κ3) is 7.45. The number of carbonyl (C=O) groups is 1. The fourth-order valence-corrected chi connectivity index (χ4v) is 2.67. The zero-order valence-electron chi connectivity index (χ0n) is 13.3. The molecule has 0 atom stereocenters. The van der Waals surface area contributed by atoms with Gasteiger partial charge >= 0.3 is 0 Å². The van der Waals surface area contributed by atoms with Crippen LogP contribution in [0.1, 0.15) is 24.8 Å². The second-order valence-electron chi connectivity index (χ2n) is 5.88. The summed E-state index contributed by atoms with van der Waals surface area (Å²) in [5.74, 6) is 0.667. The highest BCUT2D eigenvalue weighted by molar-refractivity contribution is 5.90. The summed E-state index contributed by atoms with van der Waals surface area (Å²) >= 11 is 0. The summed E-state index contributed by atoms with van der Waals surface area (Å²) in [6.07, 6.45) is 2.85. The first-order valence-corrected chi connectivity index (χ1v) is 7.38. The number of halogens is 2. The maximum Gasteiger partial charge on any atom is 0.224 e. The monoisotopic (exact) mass is 347 g/mol. The summed E-state index contributed by atoms with van der Waals surface area (Å²) in [5.41, 5.74) is 2.12. The lowest BCUT2D eigenvalue weighted by Crippen LogP contribution is -2.30. The van der Waals surface area contributed by atoms with Gasteiger partial charge < -0.3 is 15.5 Å². The number of nitrogens with one attached hydrogen (secondary N) is 2. The molecule has 1 saturated heterocycles. The number of hydrogen-bond acceptors (Lipinski definition) is 3. The first kappa shape index (κ1) is 21.2. The molecule has 0 aliphatic carbocycles. The van der Waals surface area contributed by atoms with Crippen LogP contribution in [0.2, 0.25) is 0 Å². The summed E-state index contributed by atoms with van der Waals surface area (Å²) in [6, 6.07) is 8.10. The van der Waals surface area contributed by atoms with E-state index in [1.807, 2.05) is 26.2 Å². The van der Waals surface area contributed by atoms with Crippen LogP contribution in [0.15, 0.2) is 24.3 Å². The number of rotatable bonds is 5. The van der Waals surface area contributed by atoms with Gasteiger partial charge in [-0.05, 0) is 63.6 Å². The predicted octanol–water partition coefficient (Wildman–Crippen LogP) is 2.92. The summed E-state index contributed by atoms with van der Waals surface area (Å²) in [5, 5.41) is 6.35. The molecule has 4 nitrogen and oxygen atoms in total. The minimum absolute atomic E-state index is 0. The quantitative estimate of drug-likeness (QED) is 0.860. The Kier molecular flexibility index (Phi) is 10.4. The Bertz CT molecular complexity index is 449. The van der Waals surface area contributed by atoms with E-state index in [4.69, 9.17) is 0 Å². The lowest BCUT2D eigenvalue weighted by Gasteiger charge is -2.22. The average molecular weight is 348 g/mol. The predicted molar refractivity (Wildman–Crippen MR) is 97.2 cm³/mol. The number of benzene rings is 1. The Hall–Kier alpha value is -0.810. The van der Waals surface area contributed by atoms with Gasteiger partial charge in [0.15, 0.2) is 0 Å². The van der Waals surface area contributed by atoms with Gasteiger partial charge in [-0.3, -0.25) is 4.79 Å². The van der Waals surface area contributed by atoms with E-state index in [0.29, 0.717) is 12.3 Å². The molecule has 0 aromatic heterocycles. The van der Waals surface area contributed by atoms with Crippen molar-refractivity contribution in [2.45, 2.75) is 25.8 Å². The molecule has 0 saturated carbocycles. The van der Waals surface area contributed by atoms with E-state index in [1.165, 1.54) is 5.56 Å². The fraction of sp³-hybridized carbons (Fsp3) is 0.562. The zero-order chi connectivity index (χ0) is 14.4. The lowest BCUT2D eigenvalue weighted by atomic mass is 9.94. The number of carbonyl (C=O) groups excluding carboxylic acids is 1. The van der Waals surface area contributed by atoms with Crippen molar-refractivity contribution >= 4 is 36.4 Å². The minimum Gasteiger partial charge on any atom is -0.326 e. The molecule has 1 fully saturated rings. The molecule has 2 N–H and O–H groups in total. The minimum atomic E-state index is 0. The molecule has 6 heteroatoms. The smallest absolute Gasteiger partial charge is 0.224 e. The Morgan fingerprint density at radius 1 is 1.27 bits per heavy atom. The molecular formula is C16H27Cl2N3O. The van der Waals surface area contributed by atoms with Crippen LogP contribution in [-0.4, -0.2) is 38.0 Å². The standard InChI is InChI=1S/C16H25N3O.2ClH/c1-19(2)12-14-4-3-5-15(10-14)18-16(20)11-13-6-8-17-9-7-13;;/h3-5,10,13,17H,6-9,11-12H2,1-2H3,(H,18,20);2*1H. The SMILES string of the molecule is CN(C)Cc1cccc(NC(=O)CC2CCNCC2)c1.Cl.Cl. The van der Waals surface area contributed by atoms with Crippen molar-refractivity contribution in [1.82, 2.24) is 10.2 Å². The molecule has 1 amide bonds. The number of nitrogens with zero attached hydrogens (tertiary/aromatic N) is 1. The van der Waals surface area contributed by atoms with Crippen molar-refractivity contribution in [3.8, 4) is 0 Å². The van der Waals surface area contributed by atoms with Gasteiger partial charge in [0, 0.05) is 18.7 Å². The topological polar surface area (TPSA) is 44.4 Å². The summed E-state index contributed by atoms with van der Waals surface area (Å²) < 4.78 is 0. The second-order valence-corrected chi connectivity index (χ2v) is 5.88. The van der Waals surface area contributed by atoms with Crippen LogP contribution in [0.5, 0.6) is 0 Å². The van der Waals surface area contributed by atoms with Crippen LogP contribution >= 0.6 is 24.8 Å². The first-order valence-electron chi connectivity index (χ1n) is 7.38. The highest BCUT2D eigenvalue weighted by atomic mass is 35.5. The maximum absolute atomic E-state index is 12.1. The van der Waals surface area contributed by atoms with Crippen molar-refractivity contribution in [2.75, 3.05) is 32.5 Å². The van der Waals surface area contributed by atoms with Gasteiger partial charge in [-0.2, -0.15) is 0 Å². The molecule has 0 unspecified atom stereocenters. The van der Waals surface area contributed by atoms with Gasteiger partial charge in [-0.25, -0.2) is 0 Å². The van der Waals surface area contributed by atoms with Crippen LogP contribution in [0.3, 0.4) is 0 Å². The van der Waals surface area contributed by atoms with E-state index in [2.05, 4.69) is 27.7 Å². The van der Waals surface area contributed by atoms with Gasteiger partial charge in [0.1, 0.15) is 0 Å². The molecule has 1 heterocycles. The van der Waals surface area contributed by atoms with Crippen LogP contribution in [0.4, 0.5) is 5.69 Å². The maximum atomic E-state index is 12.1. The molecule has 0 bridgehead atoms. The number of hydrogen-bond donors (Lipinski definition) is 2. The third-order valence-corrected chi connectivity index (χ3v) is 3.64. The van der Waals surface area contributed by atoms with Crippen molar-refractivity contribution in [3.05, 3.63) is 29.8 Å². The number of amides is 1. The molecular weight excluding hydrogens is 321 g/mol. The number of anilines is 1. The highest BCUT2D eigenvalue weighted by Gasteiger charge is 2.16. The van der Waals surface area contributed by atoms with Crippen LogP contribution < -0.4 is 10.6 Å². The van der Waals surface area contributed by atoms with E-state index in [-0.39, 0.29) is 30.7 Å². The van der Waals surface area contributed by atoms with E-state index < -0.39 is 0 Å². The van der Waals surface area contributed by atoms with E-state index in [0.717, 1.165) is 38.2 Å². The summed E-state index contributed by atoms with van der Waals surface area (Å²) in [4.78, 5) is 14.2. The van der Waals surface area contributed by atoms with E-state index in [1.54, 1.807) is 0 Å². The Morgan fingerprint density at radius 3 is 2.59 bits per heavy atom. The van der Waals surface area contributed by atoms with Crippen LogP contribution in [-0.2, 0) is 11.3 Å². The fourth-order valence-electron chi connectivity index (χ4n) is 2.67. The molecule has 0 radical (unpaired) electrons. The lowest BCUT2D eigenvalue weighted by molar-refractivity contribution is -0.117. The second kappa shape index (κ2) is 10.8. The van der Waals surface area contributed by atoms with Crippen molar-refractivity contribution in [2.24, 2.45) is 5.92 Å². The average Bonchev–Trinajstić information content (AvgIpc) is 2.39. The molecule has 2 rings (SSSR count). The first-order chi connectivity index (χ1) is 9.63. The molecule has 1 aromatic carbocycles. The highest BCUT2D eigenvalue weighted by Crippen LogP contribution is 2.18. The van der Waals surface area contributed by atoms with Crippen molar-refractivity contribution in [1.29, 1.82) is 0 Å². The molecule has 126 valence electrons. The molecule has 1 aliphatic heterocycles. The van der Waals surface area contributed by atoms with Crippen LogP contribution in [0.25, 0.3) is 0 Å². The Morgan fingerprint density at radius 2 is 1.95 bits per heavy atom. The van der Waals surface area contributed by atoms with E-state index in [9.17, 15) is 4.79 Å². The van der Waals surface area contributed by atoms with Crippen molar-refractivity contribution < 1.29 is 4.79 Å². The van der Waals surface area contributed by atoms with Gasteiger partial charge in [0.25, 0.3) is 0 Å². The number of piperidine rings is 1. The molecule has 0 spiro atoms. The Labute approximate surface area is 145 Å². The van der Waals surface area contributed by atoms with Gasteiger partial charge in [-0.15, -0.1) is 24.8 Å². The normalized spacial score (nSPS) is 14.9. The third-order valence-electron chi connectivity index (χ3n) is 3.64. The molecule has 22 heavy (non-hydrogen) atoms. The van der Waals surface area contributed by atoms with Gasteiger partial charge in [-0.1, -0.05) is 12.1 Å². The summed E-state index contributed by atoms with van der Waals surface area (Å²) in [7, 11) is 4.09. The molecule has 1 aliphatic rings. The Balaban J connectivity index is 0.00000220. The van der Waals surface area contributed by atoms with Crippen molar-refractivity contribution in [3.63, 3.8) is 0 Å². The van der Waals surface area contributed by atoms with Crippen LogP contribution in [0, 0.1) is 5.92 Å². The largest absolute Gasteiger partial charge is 0.326 e. The molecule has 1 aromatic rings.